The van der Waals surface area contributed by atoms with Gasteiger partial charge in [0.2, 0.25) is 15.9 Å². The van der Waals surface area contributed by atoms with Crippen molar-refractivity contribution < 1.29 is 13.2 Å². The molecule has 0 aromatic heterocycles. The monoisotopic (exact) mass is 284 g/mol. The molecule has 19 heavy (non-hydrogen) atoms. The Kier molecular flexibility index (Phi) is 4.70. The van der Waals surface area contributed by atoms with E-state index in [0.717, 1.165) is 0 Å². The summed E-state index contributed by atoms with van der Waals surface area (Å²) in [6.45, 7) is 7.30. The van der Waals surface area contributed by atoms with Crippen LogP contribution in [0.1, 0.15) is 27.7 Å². The van der Waals surface area contributed by atoms with Gasteiger partial charge in [-0.05, 0) is 12.1 Å². The van der Waals surface area contributed by atoms with E-state index in [-0.39, 0.29) is 10.8 Å². The van der Waals surface area contributed by atoms with Crippen LogP contribution in [-0.2, 0) is 14.8 Å². The number of nitrogens with one attached hydrogen (secondary N) is 2. The summed E-state index contributed by atoms with van der Waals surface area (Å²) < 4.78 is 26.5. The zero-order chi connectivity index (χ0) is 14.7. The van der Waals surface area contributed by atoms with Crippen LogP contribution >= 0.6 is 0 Å². The van der Waals surface area contributed by atoms with Gasteiger partial charge in [-0.15, -0.1) is 0 Å². The Hall–Kier alpha value is -1.40. The average Bonchev–Trinajstić information content (AvgIpc) is 2.28. The standard InChI is InChI=1S/C13H20N2O3S/c1-5-14-19(17,18)11-9-7-6-8-10(11)15-12(16)13(2,3)4/h6-9,14H,5H2,1-4H3,(H,15,16). The van der Waals surface area contributed by atoms with Crippen LogP contribution in [0.15, 0.2) is 29.2 Å². The van der Waals surface area contributed by atoms with Gasteiger partial charge in [0.15, 0.2) is 0 Å². The number of para-hydroxylation sites is 1. The summed E-state index contributed by atoms with van der Waals surface area (Å²) in [6, 6.07) is 6.35. The van der Waals surface area contributed by atoms with Crippen molar-refractivity contribution in [2.45, 2.75) is 32.6 Å². The molecule has 0 fully saturated rings. The SMILES string of the molecule is CCNS(=O)(=O)c1ccccc1NC(=O)C(C)(C)C. The molecule has 0 radical (unpaired) electrons. The molecule has 1 amide bonds. The van der Waals surface area contributed by atoms with Crippen molar-refractivity contribution in [2.75, 3.05) is 11.9 Å². The summed E-state index contributed by atoms with van der Waals surface area (Å²) in [7, 11) is -3.60. The summed E-state index contributed by atoms with van der Waals surface area (Å²) >= 11 is 0. The largest absolute Gasteiger partial charge is 0.324 e. The number of amides is 1. The van der Waals surface area contributed by atoms with E-state index in [1.54, 1.807) is 45.9 Å². The Balaban J connectivity index is 3.14. The molecular weight excluding hydrogens is 264 g/mol. The van der Waals surface area contributed by atoms with Gasteiger partial charge in [-0.2, -0.15) is 0 Å². The highest BCUT2D eigenvalue weighted by Gasteiger charge is 2.24. The van der Waals surface area contributed by atoms with Gasteiger partial charge < -0.3 is 5.32 Å². The maximum Gasteiger partial charge on any atom is 0.242 e. The van der Waals surface area contributed by atoms with Crippen LogP contribution in [0, 0.1) is 5.41 Å². The van der Waals surface area contributed by atoms with E-state index in [4.69, 9.17) is 0 Å². The Bertz CT molecular complexity index is 559. The fourth-order valence-electron chi connectivity index (χ4n) is 1.38. The van der Waals surface area contributed by atoms with E-state index >= 15 is 0 Å². The van der Waals surface area contributed by atoms with Crippen molar-refractivity contribution in [1.82, 2.24) is 4.72 Å². The van der Waals surface area contributed by atoms with Crippen LogP contribution in [0.5, 0.6) is 0 Å². The second-order valence-corrected chi connectivity index (χ2v) is 6.94. The molecule has 1 rings (SSSR count). The van der Waals surface area contributed by atoms with Crippen LogP contribution in [0.2, 0.25) is 0 Å². The van der Waals surface area contributed by atoms with Gasteiger partial charge in [0.05, 0.1) is 5.69 Å². The summed E-state index contributed by atoms with van der Waals surface area (Å²) in [5, 5.41) is 2.66. The van der Waals surface area contributed by atoms with E-state index in [1.807, 2.05) is 0 Å². The summed E-state index contributed by atoms with van der Waals surface area (Å²) in [6.07, 6.45) is 0. The van der Waals surface area contributed by atoms with E-state index in [1.165, 1.54) is 6.07 Å². The molecule has 0 bridgehead atoms. The predicted octanol–water partition coefficient (Wildman–Crippen LogP) is 1.97. The minimum absolute atomic E-state index is 0.0782. The normalized spacial score (nSPS) is 12.2. The first-order chi connectivity index (χ1) is 8.68. The third-order valence-corrected chi connectivity index (χ3v) is 4.04. The van der Waals surface area contributed by atoms with Gasteiger partial charge in [0.25, 0.3) is 0 Å². The molecule has 5 nitrogen and oxygen atoms in total. The number of hydrogen-bond acceptors (Lipinski definition) is 3. The van der Waals surface area contributed by atoms with Crippen molar-refractivity contribution >= 4 is 21.6 Å². The van der Waals surface area contributed by atoms with Crippen molar-refractivity contribution in [2.24, 2.45) is 5.41 Å². The minimum Gasteiger partial charge on any atom is -0.324 e. The van der Waals surface area contributed by atoms with E-state index in [9.17, 15) is 13.2 Å². The molecule has 0 saturated carbocycles. The van der Waals surface area contributed by atoms with E-state index in [2.05, 4.69) is 10.0 Å². The Morgan fingerprint density at radius 2 is 1.79 bits per heavy atom. The topological polar surface area (TPSA) is 75.3 Å². The highest BCUT2D eigenvalue weighted by atomic mass is 32.2. The highest BCUT2D eigenvalue weighted by molar-refractivity contribution is 7.89. The van der Waals surface area contributed by atoms with Gasteiger partial charge in [-0.3, -0.25) is 4.79 Å². The Morgan fingerprint density at radius 1 is 1.21 bits per heavy atom. The van der Waals surface area contributed by atoms with Crippen LogP contribution in [0.3, 0.4) is 0 Å². The average molecular weight is 284 g/mol. The first-order valence-corrected chi connectivity index (χ1v) is 7.57. The molecular formula is C13H20N2O3S. The van der Waals surface area contributed by atoms with Gasteiger partial charge in [0, 0.05) is 12.0 Å². The summed E-state index contributed by atoms with van der Waals surface area (Å²) in [5.74, 6) is -0.230. The number of hydrogen-bond donors (Lipinski definition) is 2. The highest BCUT2D eigenvalue weighted by Crippen LogP contribution is 2.23. The number of anilines is 1. The van der Waals surface area contributed by atoms with Crippen LogP contribution in [0.25, 0.3) is 0 Å². The zero-order valence-electron chi connectivity index (χ0n) is 11.6. The lowest BCUT2D eigenvalue weighted by molar-refractivity contribution is -0.123. The number of sulfonamides is 1. The van der Waals surface area contributed by atoms with E-state index in [0.29, 0.717) is 12.2 Å². The molecule has 6 heteroatoms. The summed E-state index contributed by atoms with van der Waals surface area (Å²) in [5.41, 5.74) is -0.293. The fraction of sp³-hybridized carbons (Fsp3) is 0.462. The third kappa shape index (κ3) is 4.04. The maximum atomic E-state index is 12.0. The quantitative estimate of drug-likeness (QED) is 0.887. The van der Waals surface area contributed by atoms with Gasteiger partial charge >= 0.3 is 0 Å². The molecule has 1 aromatic carbocycles. The lowest BCUT2D eigenvalue weighted by Gasteiger charge is -2.19. The molecule has 0 spiro atoms. The molecule has 1 aromatic rings. The van der Waals surface area contributed by atoms with Crippen LogP contribution < -0.4 is 10.0 Å². The van der Waals surface area contributed by atoms with Crippen molar-refractivity contribution in [3.05, 3.63) is 24.3 Å². The van der Waals surface area contributed by atoms with Gasteiger partial charge in [0.1, 0.15) is 4.90 Å². The number of benzene rings is 1. The zero-order valence-corrected chi connectivity index (χ0v) is 12.5. The van der Waals surface area contributed by atoms with Crippen LogP contribution in [0.4, 0.5) is 5.69 Å². The molecule has 0 aliphatic carbocycles. The lowest BCUT2D eigenvalue weighted by atomic mass is 9.95. The van der Waals surface area contributed by atoms with Gasteiger partial charge in [-0.1, -0.05) is 39.8 Å². The molecule has 0 heterocycles. The van der Waals surface area contributed by atoms with Gasteiger partial charge in [-0.25, -0.2) is 13.1 Å². The summed E-state index contributed by atoms with van der Waals surface area (Å²) in [4.78, 5) is 12.0. The van der Waals surface area contributed by atoms with Crippen molar-refractivity contribution in [1.29, 1.82) is 0 Å². The van der Waals surface area contributed by atoms with E-state index < -0.39 is 15.4 Å². The molecule has 0 saturated heterocycles. The second-order valence-electron chi connectivity index (χ2n) is 5.20. The smallest absolute Gasteiger partial charge is 0.242 e. The minimum atomic E-state index is -3.60. The maximum absolute atomic E-state index is 12.0. The third-order valence-electron chi connectivity index (χ3n) is 2.44. The lowest BCUT2D eigenvalue weighted by Crippen LogP contribution is -2.30. The van der Waals surface area contributed by atoms with Crippen LogP contribution in [-0.4, -0.2) is 20.9 Å². The Labute approximate surface area is 114 Å². The first kappa shape index (κ1) is 15.7. The second kappa shape index (κ2) is 5.71. The van der Waals surface area contributed by atoms with Crippen molar-refractivity contribution in [3.8, 4) is 0 Å². The Morgan fingerprint density at radius 3 is 2.32 bits per heavy atom. The number of rotatable bonds is 4. The van der Waals surface area contributed by atoms with Crippen molar-refractivity contribution in [3.63, 3.8) is 0 Å². The number of carbonyl (C=O) groups excluding carboxylic acids is 1. The first-order valence-electron chi connectivity index (χ1n) is 6.08. The molecule has 2 N–H and O–H groups in total. The predicted molar refractivity (Wildman–Crippen MR) is 75.4 cm³/mol. The number of carbonyl (C=O) groups is 1. The fourth-order valence-corrected chi connectivity index (χ4v) is 2.58. The molecule has 0 aliphatic rings. The molecule has 0 atom stereocenters. The molecule has 0 unspecified atom stereocenters. The molecule has 106 valence electrons. The molecule has 0 aliphatic heterocycles.